The molecular weight excluding hydrogens is 237 g/mol. The van der Waals surface area contributed by atoms with Crippen LogP contribution in [0.25, 0.3) is 0 Å². The number of nitrogens with one attached hydrogen (secondary N) is 1. The first-order valence-electron chi connectivity index (χ1n) is 5.39. The van der Waals surface area contributed by atoms with Crippen LogP contribution in [0.1, 0.15) is 11.1 Å². The van der Waals surface area contributed by atoms with E-state index in [4.69, 9.17) is 11.6 Å². The molecule has 0 unspecified atom stereocenters. The largest absolute Gasteiger partial charge is 0.379 e. The van der Waals surface area contributed by atoms with Gasteiger partial charge in [0.15, 0.2) is 0 Å². The van der Waals surface area contributed by atoms with Gasteiger partial charge in [-0.25, -0.2) is 4.39 Å². The molecule has 1 N–H and O–H groups in total. The van der Waals surface area contributed by atoms with Crippen LogP contribution in [-0.4, -0.2) is 0 Å². The third-order valence-corrected chi connectivity index (χ3v) is 2.77. The highest BCUT2D eigenvalue weighted by atomic mass is 35.5. The molecule has 2 rings (SSSR count). The Kier molecular flexibility index (Phi) is 3.64. The Morgan fingerprint density at radius 3 is 2.47 bits per heavy atom. The zero-order chi connectivity index (χ0) is 12.3. The van der Waals surface area contributed by atoms with Gasteiger partial charge in [0.05, 0.1) is 5.69 Å². The number of aryl methyl sites for hydroxylation is 1. The topological polar surface area (TPSA) is 12.0 Å². The maximum atomic E-state index is 13.5. The van der Waals surface area contributed by atoms with Gasteiger partial charge in [-0.2, -0.15) is 0 Å². The Morgan fingerprint density at radius 1 is 1.12 bits per heavy atom. The standard InChI is InChI=1S/C14H13ClFN/c1-10-2-7-14(13(16)8-10)17-9-11-3-5-12(15)6-4-11/h2-8,17H,9H2,1H3. The molecule has 1 nitrogen and oxygen atoms in total. The average molecular weight is 250 g/mol. The summed E-state index contributed by atoms with van der Waals surface area (Å²) in [6.07, 6.45) is 0. The molecule has 0 amide bonds. The molecule has 0 saturated heterocycles. The molecule has 17 heavy (non-hydrogen) atoms. The van der Waals surface area contributed by atoms with Crippen LogP contribution in [0.5, 0.6) is 0 Å². The first kappa shape index (κ1) is 11.9. The second-order valence-corrected chi connectivity index (χ2v) is 4.40. The summed E-state index contributed by atoms with van der Waals surface area (Å²) >= 11 is 5.79. The Balaban J connectivity index is 2.04. The van der Waals surface area contributed by atoms with Crippen LogP contribution in [0.3, 0.4) is 0 Å². The second kappa shape index (κ2) is 5.19. The first-order valence-corrected chi connectivity index (χ1v) is 5.77. The van der Waals surface area contributed by atoms with Crippen LogP contribution in [-0.2, 0) is 6.54 Å². The van der Waals surface area contributed by atoms with Crippen LogP contribution in [0, 0.1) is 12.7 Å². The van der Waals surface area contributed by atoms with Crippen molar-refractivity contribution in [2.75, 3.05) is 5.32 Å². The third-order valence-electron chi connectivity index (χ3n) is 2.52. The number of hydrogen-bond acceptors (Lipinski definition) is 1. The molecule has 0 atom stereocenters. The van der Waals surface area contributed by atoms with Crippen LogP contribution in [0.15, 0.2) is 42.5 Å². The monoisotopic (exact) mass is 249 g/mol. The van der Waals surface area contributed by atoms with Crippen molar-refractivity contribution in [2.24, 2.45) is 0 Å². The average Bonchev–Trinajstić information content (AvgIpc) is 2.30. The lowest BCUT2D eigenvalue weighted by Gasteiger charge is -2.08. The molecule has 0 bridgehead atoms. The number of anilines is 1. The molecule has 0 aliphatic heterocycles. The van der Waals surface area contributed by atoms with E-state index >= 15 is 0 Å². The predicted octanol–water partition coefficient (Wildman–Crippen LogP) is 4.40. The van der Waals surface area contributed by atoms with E-state index in [1.165, 1.54) is 6.07 Å². The van der Waals surface area contributed by atoms with Gasteiger partial charge in [0.2, 0.25) is 0 Å². The van der Waals surface area contributed by atoms with Crippen molar-refractivity contribution < 1.29 is 4.39 Å². The van der Waals surface area contributed by atoms with E-state index in [0.29, 0.717) is 17.3 Å². The quantitative estimate of drug-likeness (QED) is 0.850. The van der Waals surface area contributed by atoms with Crippen molar-refractivity contribution in [2.45, 2.75) is 13.5 Å². The van der Waals surface area contributed by atoms with E-state index in [1.54, 1.807) is 6.07 Å². The molecule has 0 radical (unpaired) electrons. The lowest BCUT2D eigenvalue weighted by Crippen LogP contribution is -2.01. The molecule has 2 aromatic carbocycles. The van der Waals surface area contributed by atoms with Gasteiger partial charge in [0.25, 0.3) is 0 Å². The second-order valence-electron chi connectivity index (χ2n) is 3.96. The van der Waals surface area contributed by atoms with E-state index in [-0.39, 0.29) is 5.82 Å². The molecule has 0 fully saturated rings. The normalized spacial score (nSPS) is 10.3. The Bertz CT molecular complexity index is 508. The maximum absolute atomic E-state index is 13.5. The summed E-state index contributed by atoms with van der Waals surface area (Å²) < 4.78 is 13.5. The van der Waals surface area contributed by atoms with Crippen LogP contribution < -0.4 is 5.32 Å². The van der Waals surface area contributed by atoms with Gasteiger partial charge in [0, 0.05) is 11.6 Å². The SMILES string of the molecule is Cc1ccc(NCc2ccc(Cl)cc2)c(F)c1. The van der Waals surface area contributed by atoms with Crippen LogP contribution in [0.4, 0.5) is 10.1 Å². The zero-order valence-electron chi connectivity index (χ0n) is 9.50. The zero-order valence-corrected chi connectivity index (χ0v) is 10.3. The van der Waals surface area contributed by atoms with Crippen molar-refractivity contribution in [1.29, 1.82) is 0 Å². The molecule has 0 saturated carbocycles. The molecule has 88 valence electrons. The van der Waals surface area contributed by atoms with Gasteiger partial charge in [-0.3, -0.25) is 0 Å². The van der Waals surface area contributed by atoms with Crippen molar-refractivity contribution in [3.8, 4) is 0 Å². The fourth-order valence-corrected chi connectivity index (χ4v) is 1.69. The minimum Gasteiger partial charge on any atom is -0.379 e. The summed E-state index contributed by atoms with van der Waals surface area (Å²) in [5.41, 5.74) is 2.50. The van der Waals surface area contributed by atoms with Crippen molar-refractivity contribution >= 4 is 17.3 Å². The minimum atomic E-state index is -0.223. The Hall–Kier alpha value is -1.54. The van der Waals surface area contributed by atoms with Crippen LogP contribution >= 0.6 is 11.6 Å². The predicted molar refractivity (Wildman–Crippen MR) is 69.9 cm³/mol. The molecule has 3 heteroatoms. The Morgan fingerprint density at radius 2 is 1.82 bits per heavy atom. The van der Waals surface area contributed by atoms with Crippen molar-refractivity contribution in [1.82, 2.24) is 0 Å². The molecule has 0 spiro atoms. The van der Waals surface area contributed by atoms with E-state index in [0.717, 1.165) is 11.1 Å². The molecule has 0 aliphatic rings. The summed E-state index contributed by atoms with van der Waals surface area (Å²) in [5, 5.41) is 3.76. The number of hydrogen-bond donors (Lipinski definition) is 1. The van der Waals surface area contributed by atoms with Gasteiger partial charge in [-0.15, -0.1) is 0 Å². The fourth-order valence-electron chi connectivity index (χ4n) is 1.56. The van der Waals surface area contributed by atoms with E-state index in [2.05, 4.69) is 5.32 Å². The summed E-state index contributed by atoms with van der Waals surface area (Å²) in [4.78, 5) is 0. The van der Waals surface area contributed by atoms with Gasteiger partial charge < -0.3 is 5.32 Å². The number of halogens is 2. The van der Waals surface area contributed by atoms with Gasteiger partial charge in [-0.1, -0.05) is 29.8 Å². The molecular formula is C14H13ClFN. The van der Waals surface area contributed by atoms with Crippen molar-refractivity contribution in [3.05, 3.63) is 64.4 Å². The smallest absolute Gasteiger partial charge is 0.146 e. The minimum absolute atomic E-state index is 0.223. The molecule has 0 aromatic heterocycles. The number of benzene rings is 2. The maximum Gasteiger partial charge on any atom is 0.146 e. The third kappa shape index (κ3) is 3.21. The lowest BCUT2D eigenvalue weighted by atomic mass is 10.2. The molecule has 0 aliphatic carbocycles. The van der Waals surface area contributed by atoms with E-state index in [1.807, 2.05) is 37.3 Å². The Labute approximate surface area is 105 Å². The highest BCUT2D eigenvalue weighted by Crippen LogP contribution is 2.17. The van der Waals surface area contributed by atoms with Crippen LogP contribution in [0.2, 0.25) is 5.02 Å². The van der Waals surface area contributed by atoms with Gasteiger partial charge >= 0.3 is 0 Å². The van der Waals surface area contributed by atoms with Crippen molar-refractivity contribution in [3.63, 3.8) is 0 Å². The highest BCUT2D eigenvalue weighted by molar-refractivity contribution is 6.30. The van der Waals surface area contributed by atoms with E-state index in [9.17, 15) is 4.39 Å². The summed E-state index contributed by atoms with van der Waals surface area (Å²) in [6.45, 7) is 2.45. The fraction of sp³-hybridized carbons (Fsp3) is 0.143. The van der Waals surface area contributed by atoms with Gasteiger partial charge in [-0.05, 0) is 42.3 Å². The molecule has 2 aromatic rings. The van der Waals surface area contributed by atoms with E-state index < -0.39 is 0 Å². The molecule has 0 heterocycles. The van der Waals surface area contributed by atoms with Gasteiger partial charge in [0.1, 0.15) is 5.82 Å². The number of rotatable bonds is 3. The lowest BCUT2D eigenvalue weighted by molar-refractivity contribution is 0.629. The summed E-state index contributed by atoms with van der Waals surface area (Å²) in [6, 6.07) is 12.6. The first-order chi connectivity index (χ1) is 8.15. The highest BCUT2D eigenvalue weighted by Gasteiger charge is 2.01. The summed E-state index contributed by atoms with van der Waals surface area (Å²) in [7, 11) is 0. The summed E-state index contributed by atoms with van der Waals surface area (Å²) in [5.74, 6) is -0.223.